The van der Waals surface area contributed by atoms with Gasteiger partial charge in [0.15, 0.2) is 0 Å². The zero-order valence-corrected chi connectivity index (χ0v) is 12.0. The zero-order chi connectivity index (χ0) is 15.5. The highest BCUT2D eigenvalue weighted by Crippen LogP contribution is 2.25. The second kappa shape index (κ2) is 6.64. The molecule has 1 aliphatic carbocycles. The first-order valence-electron chi connectivity index (χ1n) is 7.22. The molecule has 0 amide bonds. The number of benzene rings is 1. The minimum absolute atomic E-state index is 0.248. The van der Waals surface area contributed by atoms with Crippen molar-refractivity contribution >= 4 is 5.69 Å². The minimum atomic E-state index is -4.30. The molecule has 6 heteroatoms. The van der Waals surface area contributed by atoms with Gasteiger partial charge in [0.05, 0.1) is 0 Å². The van der Waals surface area contributed by atoms with Gasteiger partial charge >= 0.3 is 6.18 Å². The van der Waals surface area contributed by atoms with Gasteiger partial charge in [0, 0.05) is 24.8 Å². The summed E-state index contributed by atoms with van der Waals surface area (Å²) in [6.45, 7) is 1.48. The van der Waals surface area contributed by atoms with Crippen LogP contribution in [0.5, 0.6) is 0 Å². The van der Waals surface area contributed by atoms with Crippen molar-refractivity contribution in [3.05, 3.63) is 29.6 Å². The van der Waals surface area contributed by atoms with E-state index in [0.29, 0.717) is 30.3 Å². The van der Waals surface area contributed by atoms with Gasteiger partial charge in [0.25, 0.3) is 0 Å². The molecule has 0 bridgehead atoms. The van der Waals surface area contributed by atoms with Crippen LogP contribution in [0.25, 0.3) is 0 Å². The number of hydrogen-bond donors (Lipinski definition) is 1. The lowest BCUT2D eigenvalue weighted by molar-refractivity contribution is -0.119. The Kier molecular flexibility index (Phi) is 5.08. The van der Waals surface area contributed by atoms with E-state index in [2.05, 4.69) is 5.32 Å². The molecule has 0 saturated heterocycles. The van der Waals surface area contributed by atoms with Crippen LogP contribution in [0, 0.1) is 5.82 Å². The number of rotatable bonds is 7. The summed E-state index contributed by atoms with van der Waals surface area (Å²) in [6.07, 6.45) is -1.51. The highest BCUT2D eigenvalue weighted by atomic mass is 19.4. The predicted molar refractivity (Wildman–Crippen MR) is 74.8 cm³/mol. The normalized spacial score (nSPS) is 15.3. The smallest absolute Gasteiger partial charge is 0.363 e. The van der Waals surface area contributed by atoms with Gasteiger partial charge in [-0.1, -0.05) is 6.92 Å². The summed E-state index contributed by atoms with van der Waals surface area (Å²) in [5.74, 6) is -0.497. The lowest BCUT2D eigenvalue weighted by Gasteiger charge is -2.26. The van der Waals surface area contributed by atoms with Crippen LogP contribution >= 0.6 is 0 Å². The molecule has 2 rings (SSSR count). The van der Waals surface area contributed by atoms with Gasteiger partial charge in [-0.3, -0.25) is 0 Å². The van der Waals surface area contributed by atoms with Crippen LogP contribution in [0.2, 0.25) is 0 Å². The number of nitrogens with zero attached hydrogens (tertiary/aromatic N) is 1. The molecule has 1 aromatic rings. The van der Waals surface area contributed by atoms with Crippen LogP contribution in [0.1, 0.15) is 31.7 Å². The molecule has 0 atom stereocenters. The topological polar surface area (TPSA) is 15.3 Å². The molecule has 118 valence electrons. The van der Waals surface area contributed by atoms with Crippen LogP contribution in [0.15, 0.2) is 18.2 Å². The molecule has 1 fully saturated rings. The minimum Gasteiger partial charge on any atom is -0.363 e. The van der Waals surface area contributed by atoms with Crippen LogP contribution in [-0.2, 0) is 6.54 Å². The Morgan fingerprint density at radius 3 is 2.52 bits per heavy atom. The molecule has 1 aromatic carbocycles. The highest BCUT2D eigenvalue weighted by molar-refractivity contribution is 5.49. The fourth-order valence-electron chi connectivity index (χ4n) is 2.25. The first-order chi connectivity index (χ1) is 9.87. The largest absolute Gasteiger partial charge is 0.405 e. The first kappa shape index (κ1) is 16.1. The Morgan fingerprint density at radius 2 is 1.95 bits per heavy atom. The third-order valence-electron chi connectivity index (χ3n) is 3.34. The van der Waals surface area contributed by atoms with E-state index >= 15 is 0 Å². The number of alkyl halides is 3. The Hall–Kier alpha value is -1.30. The Labute approximate surface area is 122 Å². The molecule has 1 aliphatic rings. The Bertz CT molecular complexity index is 469. The number of nitrogens with one attached hydrogen (secondary N) is 1. The maximum atomic E-state index is 13.7. The van der Waals surface area contributed by atoms with Gasteiger partial charge in [-0.15, -0.1) is 0 Å². The maximum Gasteiger partial charge on any atom is 0.405 e. The molecule has 0 heterocycles. The van der Waals surface area contributed by atoms with E-state index in [1.807, 2.05) is 0 Å². The van der Waals surface area contributed by atoms with E-state index in [-0.39, 0.29) is 6.54 Å². The van der Waals surface area contributed by atoms with Crippen molar-refractivity contribution in [3.63, 3.8) is 0 Å². The molecule has 0 unspecified atom stereocenters. The summed E-state index contributed by atoms with van der Waals surface area (Å²) in [6, 6.07) is 4.65. The van der Waals surface area contributed by atoms with Crippen molar-refractivity contribution in [1.82, 2.24) is 5.32 Å². The van der Waals surface area contributed by atoms with Gasteiger partial charge < -0.3 is 10.2 Å². The van der Waals surface area contributed by atoms with Crippen molar-refractivity contribution in [2.45, 2.75) is 44.9 Å². The van der Waals surface area contributed by atoms with E-state index in [9.17, 15) is 17.6 Å². The summed E-state index contributed by atoms with van der Waals surface area (Å²) in [7, 11) is 0. The second-order valence-electron chi connectivity index (χ2n) is 5.51. The van der Waals surface area contributed by atoms with Crippen molar-refractivity contribution in [2.75, 3.05) is 18.0 Å². The summed E-state index contributed by atoms with van der Waals surface area (Å²) in [5.41, 5.74) is 0.974. The summed E-state index contributed by atoms with van der Waals surface area (Å²) in [5, 5.41) is 3.24. The molecular formula is C15H20F4N2. The van der Waals surface area contributed by atoms with Gasteiger partial charge in [-0.25, -0.2) is 4.39 Å². The standard InChI is InChI=1S/C15H20F4N2/c1-2-5-21(10-15(17,18)19)14-7-11(6-12(16)8-14)9-20-13-3-4-13/h6-8,13,20H,2-5,9-10H2,1H3. The maximum absolute atomic E-state index is 13.7. The molecule has 2 nitrogen and oxygen atoms in total. The lowest BCUT2D eigenvalue weighted by atomic mass is 10.1. The molecule has 0 radical (unpaired) electrons. The fourth-order valence-corrected chi connectivity index (χ4v) is 2.25. The molecule has 1 saturated carbocycles. The monoisotopic (exact) mass is 304 g/mol. The Balaban J connectivity index is 2.13. The first-order valence-corrected chi connectivity index (χ1v) is 7.22. The van der Waals surface area contributed by atoms with Crippen LogP contribution < -0.4 is 10.2 Å². The van der Waals surface area contributed by atoms with Gasteiger partial charge in [0.2, 0.25) is 0 Å². The lowest BCUT2D eigenvalue weighted by Crippen LogP contribution is -2.35. The number of anilines is 1. The summed E-state index contributed by atoms with van der Waals surface area (Å²) in [4.78, 5) is 1.18. The molecule has 0 spiro atoms. The third kappa shape index (κ3) is 5.53. The summed E-state index contributed by atoms with van der Waals surface area (Å²) >= 11 is 0. The zero-order valence-electron chi connectivity index (χ0n) is 12.0. The number of halogens is 4. The summed E-state index contributed by atoms with van der Waals surface area (Å²) < 4.78 is 51.6. The van der Waals surface area contributed by atoms with E-state index in [4.69, 9.17) is 0 Å². The second-order valence-corrected chi connectivity index (χ2v) is 5.51. The molecule has 0 aliphatic heterocycles. The highest BCUT2D eigenvalue weighted by Gasteiger charge is 2.31. The SMILES string of the molecule is CCCN(CC(F)(F)F)c1cc(F)cc(CNC2CC2)c1. The molecule has 0 aromatic heterocycles. The van der Waals surface area contributed by atoms with Gasteiger partial charge in [-0.05, 0) is 43.0 Å². The van der Waals surface area contributed by atoms with E-state index in [1.165, 1.54) is 17.0 Å². The van der Waals surface area contributed by atoms with Crippen LogP contribution in [0.4, 0.5) is 23.2 Å². The Morgan fingerprint density at radius 1 is 1.24 bits per heavy atom. The van der Waals surface area contributed by atoms with E-state index in [0.717, 1.165) is 12.8 Å². The van der Waals surface area contributed by atoms with E-state index < -0.39 is 18.5 Å². The molecule has 1 N–H and O–H groups in total. The van der Waals surface area contributed by atoms with Gasteiger partial charge in [-0.2, -0.15) is 13.2 Å². The molecular weight excluding hydrogens is 284 g/mol. The van der Waals surface area contributed by atoms with E-state index in [1.54, 1.807) is 13.0 Å². The predicted octanol–water partition coefficient (Wildman–Crippen LogP) is 3.86. The third-order valence-corrected chi connectivity index (χ3v) is 3.34. The van der Waals surface area contributed by atoms with Crippen LogP contribution in [0.3, 0.4) is 0 Å². The fraction of sp³-hybridized carbons (Fsp3) is 0.600. The van der Waals surface area contributed by atoms with Gasteiger partial charge in [0.1, 0.15) is 12.4 Å². The van der Waals surface area contributed by atoms with Crippen molar-refractivity contribution in [3.8, 4) is 0 Å². The number of hydrogen-bond acceptors (Lipinski definition) is 2. The van der Waals surface area contributed by atoms with Crippen molar-refractivity contribution in [1.29, 1.82) is 0 Å². The average Bonchev–Trinajstić information content (AvgIpc) is 3.17. The van der Waals surface area contributed by atoms with Crippen LogP contribution in [-0.4, -0.2) is 25.3 Å². The average molecular weight is 304 g/mol. The molecule has 21 heavy (non-hydrogen) atoms. The van der Waals surface area contributed by atoms with Crippen molar-refractivity contribution < 1.29 is 17.6 Å². The van der Waals surface area contributed by atoms with Crippen molar-refractivity contribution in [2.24, 2.45) is 0 Å². The quantitative estimate of drug-likeness (QED) is 0.770.